The van der Waals surface area contributed by atoms with Crippen molar-refractivity contribution in [1.82, 2.24) is 5.43 Å². The molecule has 0 unspecified atom stereocenters. The largest absolute Gasteiger partial charge is 0.493 e. The van der Waals surface area contributed by atoms with Crippen LogP contribution in [0.1, 0.15) is 12.5 Å². The smallest absolute Gasteiger partial charge is 0.236 e. The quantitative estimate of drug-likeness (QED) is 0.444. The molecule has 2 aromatic carbocycles. The minimum absolute atomic E-state index is 0.258. The van der Waals surface area contributed by atoms with E-state index in [4.69, 9.17) is 25.8 Å². The lowest BCUT2D eigenvalue weighted by atomic mass is 10.2. The summed E-state index contributed by atoms with van der Waals surface area (Å²) in [7, 11) is 1.59. The van der Waals surface area contributed by atoms with Gasteiger partial charge in [-0.05, 0) is 30.3 Å². The van der Waals surface area contributed by atoms with Gasteiger partial charge in [0.2, 0.25) is 5.91 Å². The van der Waals surface area contributed by atoms with Crippen molar-refractivity contribution in [2.75, 3.05) is 20.3 Å². The highest BCUT2D eigenvalue weighted by Crippen LogP contribution is 2.26. The van der Waals surface area contributed by atoms with Crippen LogP contribution in [0.2, 0.25) is 5.02 Å². The third kappa shape index (κ3) is 6.00. The molecule has 0 atom stereocenters. The molecule has 0 aromatic heterocycles. The second kappa shape index (κ2) is 9.54. The molecule has 0 fully saturated rings. The summed E-state index contributed by atoms with van der Waals surface area (Å²) in [6.45, 7) is 2.04. The first kappa shape index (κ1) is 18.6. The van der Waals surface area contributed by atoms with Gasteiger partial charge in [-0.25, -0.2) is 5.43 Å². The molecule has 0 spiro atoms. The summed E-state index contributed by atoms with van der Waals surface area (Å²) >= 11 is 5.99. The zero-order valence-corrected chi connectivity index (χ0v) is 14.7. The summed E-state index contributed by atoms with van der Waals surface area (Å²) < 4.78 is 16.6. The van der Waals surface area contributed by atoms with Crippen LogP contribution in [-0.2, 0) is 4.79 Å². The molecule has 0 aliphatic rings. The van der Waals surface area contributed by atoms with Gasteiger partial charge in [-0.15, -0.1) is 0 Å². The lowest BCUT2D eigenvalue weighted by Crippen LogP contribution is -2.13. The van der Waals surface area contributed by atoms with Crippen LogP contribution in [-0.4, -0.2) is 32.4 Å². The van der Waals surface area contributed by atoms with Crippen molar-refractivity contribution in [3.8, 4) is 17.2 Å². The van der Waals surface area contributed by atoms with Crippen LogP contribution in [0.4, 0.5) is 0 Å². The number of amides is 1. The molecule has 7 heteroatoms. The Morgan fingerprint density at radius 1 is 1.12 bits per heavy atom. The number of nitrogens with one attached hydrogen (secondary N) is 1. The lowest BCUT2D eigenvalue weighted by molar-refractivity contribution is -0.118. The number of para-hydroxylation sites is 2. The molecule has 0 radical (unpaired) electrons. The van der Waals surface area contributed by atoms with Crippen molar-refractivity contribution in [3.05, 3.63) is 53.1 Å². The minimum Gasteiger partial charge on any atom is -0.493 e. The number of hydrogen-bond acceptors (Lipinski definition) is 5. The maximum atomic E-state index is 10.9. The number of hydrazone groups is 1. The molecule has 0 heterocycles. The Labute approximate surface area is 151 Å². The number of halogens is 1. The third-order valence-electron chi connectivity index (χ3n) is 3.07. The van der Waals surface area contributed by atoms with Crippen LogP contribution in [0.5, 0.6) is 17.2 Å². The average Bonchev–Trinajstić information content (AvgIpc) is 2.60. The average molecular weight is 363 g/mol. The van der Waals surface area contributed by atoms with Gasteiger partial charge in [0.05, 0.1) is 13.3 Å². The lowest BCUT2D eigenvalue weighted by Gasteiger charge is -2.12. The summed E-state index contributed by atoms with van der Waals surface area (Å²) in [5.74, 6) is 1.64. The minimum atomic E-state index is -0.258. The number of nitrogens with zero attached hydrogens (tertiary/aromatic N) is 1. The summed E-state index contributed by atoms with van der Waals surface area (Å²) in [4.78, 5) is 10.9. The van der Waals surface area contributed by atoms with E-state index in [0.29, 0.717) is 41.0 Å². The Hall–Kier alpha value is -2.73. The van der Waals surface area contributed by atoms with Crippen molar-refractivity contribution >= 4 is 23.7 Å². The van der Waals surface area contributed by atoms with E-state index < -0.39 is 0 Å². The first-order valence-corrected chi connectivity index (χ1v) is 7.95. The van der Waals surface area contributed by atoms with Crippen molar-refractivity contribution in [2.45, 2.75) is 6.92 Å². The number of rotatable bonds is 8. The van der Waals surface area contributed by atoms with Crippen LogP contribution in [0.15, 0.2) is 47.6 Å². The highest BCUT2D eigenvalue weighted by atomic mass is 35.5. The molecule has 25 heavy (non-hydrogen) atoms. The fraction of sp³-hybridized carbons (Fsp3) is 0.222. The summed E-state index contributed by atoms with van der Waals surface area (Å²) in [5.41, 5.74) is 2.99. The normalized spacial score (nSPS) is 10.5. The molecule has 6 nitrogen and oxygen atoms in total. The van der Waals surface area contributed by atoms with Crippen molar-refractivity contribution in [3.63, 3.8) is 0 Å². The van der Waals surface area contributed by atoms with Crippen LogP contribution in [0, 0.1) is 0 Å². The molecule has 0 bridgehead atoms. The van der Waals surface area contributed by atoms with Crippen molar-refractivity contribution < 1.29 is 19.0 Å². The van der Waals surface area contributed by atoms with E-state index in [1.54, 1.807) is 25.3 Å². The Balaban J connectivity index is 1.94. The number of benzene rings is 2. The first-order chi connectivity index (χ1) is 12.1. The maximum Gasteiger partial charge on any atom is 0.236 e. The molecule has 2 rings (SSSR count). The van der Waals surface area contributed by atoms with Crippen molar-refractivity contribution in [2.24, 2.45) is 5.10 Å². The maximum absolute atomic E-state index is 10.9. The number of carbonyl (C=O) groups is 1. The Morgan fingerprint density at radius 2 is 1.80 bits per heavy atom. The van der Waals surface area contributed by atoms with Gasteiger partial charge in [0.25, 0.3) is 0 Å². The van der Waals surface area contributed by atoms with Gasteiger partial charge in [-0.1, -0.05) is 23.7 Å². The third-order valence-corrected chi connectivity index (χ3v) is 3.30. The fourth-order valence-electron chi connectivity index (χ4n) is 1.99. The number of methoxy groups -OCH3 is 1. The predicted octanol–water partition coefficient (Wildman–Crippen LogP) is 3.28. The van der Waals surface area contributed by atoms with Gasteiger partial charge in [-0.2, -0.15) is 5.10 Å². The predicted molar refractivity (Wildman–Crippen MR) is 96.8 cm³/mol. The number of ether oxygens (including phenoxy) is 3. The monoisotopic (exact) mass is 362 g/mol. The van der Waals surface area contributed by atoms with Crippen molar-refractivity contribution in [1.29, 1.82) is 0 Å². The van der Waals surface area contributed by atoms with E-state index in [1.165, 1.54) is 13.1 Å². The molecule has 1 N–H and O–H groups in total. The van der Waals surface area contributed by atoms with Gasteiger partial charge in [0.1, 0.15) is 19.0 Å². The molecular weight excluding hydrogens is 344 g/mol. The first-order valence-electron chi connectivity index (χ1n) is 7.58. The van der Waals surface area contributed by atoms with E-state index >= 15 is 0 Å². The molecule has 0 aliphatic heterocycles. The zero-order chi connectivity index (χ0) is 18.1. The summed E-state index contributed by atoms with van der Waals surface area (Å²) in [6.07, 6.45) is 1.48. The fourth-order valence-corrected chi connectivity index (χ4v) is 2.17. The van der Waals surface area contributed by atoms with Gasteiger partial charge in [-0.3, -0.25) is 4.79 Å². The van der Waals surface area contributed by atoms with Gasteiger partial charge >= 0.3 is 0 Å². The van der Waals surface area contributed by atoms with Gasteiger partial charge in [0, 0.05) is 17.5 Å². The van der Waals surface area contributed by atoms with Gasteiger partial charge < -0.3 is 14.2 Å². The van der Waals surface area contributed by atoms with Crippen LogP contribution in [0.3, 0.4) is 0 Å². The number of hydrogen-bond donors (Lipinski definition) is 1. The van der Waals surface area contributed by atoms with Gasteiger partial charge in [0.15, 0.2) is 11.5 Å². The van der Waals surface area contributed by atoms with E-state index in [0.717, 1.165) is 0 Å². The topological polar surface area (TPSA) is 69.2 Å². The molecule has 0 aliphatic carbocycles. The van der Waals surface area contributed by atoms with Crippen LogP contribution < -0.4 is 19.6 Å². The summed E-state index contributed by atoms with van der Waals surface area (Å²) in [6, 6.07) is 12.5. The Kier molecular flexibility index (Phi) is 7.10. The van der Waals surface area contributed by atoms with Crippen LogP contribution >= 0.6 is 11.6 Å². The highest BCUT2D eigenvalue weighted by molar-refractivity contribution is 6.30. The Morgan fingerprint density at radius 3 is 2.48 bits per heavy atom. The molecule has 0 saturated carbocycles. The second-order valence-corrected chi connectivity index (χ2v) is 5.39. The standard InChI is InChI=1S/C18H19ClN2O4/c1-13(22)21-20-12-14-11-15(19)7-8-16(14)24-9-10-25-18-6-4-3-5-17(18)23-2/h3-8,11-12H,9-10H2,1-2H3,(H,21,22)/b20-12-. The van der Waals surface area contributed by atoms with E-state index in [9.17, 15) is 4.79 Å². The molecule has 2 aromatic rings. The number of carbonyl (C=O) groups excluding carboxylic acids is 1. The molecule has 0 saturated heterocycles. The van der Waals surface area contributed by atoms with Crippen LogP contribution in [0.25, 0.3) is 0 Å². The molecule has 1 amide bonds. The van der Waals surface area contributed by atoms with E-state index in [2.05, 4.69) is 10.5 Å². The second-order valence-electron chi connectivity index (χ2n) is 4.96. The van der Waals surface area contributed by atoms with E-state index in [-0.39, 0.29) is 5.91 Å². The molecule has 132 valence electrons. The highest BCUT2D eigenvalue weighted by Gasteiger charge is 2.05. The van der Waals surface area contributed by atoms with E-state index in [1.807, 2.05) is 24.3 Å². The molecular formula is C18H19ClN2O4. The summed E-state index contributed by atoms with van der Waals surface area (Å²) in [5, 5.41) is 4.37. The SMILES string of the molecule is COc1ccccc1OCCOc1ccc(Cl)cc1/C=N\NC(C)=O. The zero-order valence-electron chi connectivity index (χ0n) is 14.0. The Bertz CT molecular complexity index is 750.